The van der Waals surface area contributed by atoms with E-state index >= 15 is 0 Å². The van der Waals surface area contributed by atoms with E-state index < -0.39 is 0 Å². The van der Waals surface area contributed by atoms with E-state index in [-0.39, 0.29) is 23.6 Å². The highest BCUT2D eigenvalue weighted by Crippen LogP contribution is 2.35. The first-order chi connectivity index (χ1) is 15.2. The van der Waals surface area contributed by atoms with Crippen molar-refractivity contribution < 1.29 is 9.18 Å². The maximum atomic E-state index is 13.9. The quantitative estimate of drug-likeness (QED) is 0.503. The molecule has 1 aliphatic rings. The maximum absolute atomic E-state index is 13.9. The molecule has 1 saturated heterocycles. The van der Waals surface area contributed by atoms with E-state index in [1.54, 1.807) is 18.3 Å². The average molecular weight is 414 g/mol. The molecule has 1 fully saturated rings. The van der Waals surface area contributed by atoms with Crippen LogP contribution in [-0.4, -0.2) is 34.1 Å². The number of carbonyl (C=O) groups is 1. The third-order valence-corrected chi connectivity index (χ3v) is 5.97. The van der Waals surface area contributed by atoms with E-state index in [4.69, 9.17) is 0 Å². The Morgan fingerprint density at radius 3 is 2.77 bits per heavy atom. The van der Waals surface area contributed by atoms with Gasteiger partial charge in [0.1, 0.15) is 5.82 Å². The number of aromatic nitrogens is 2. The Hall–Kier alpha value is -3.51. The Labute approximate surface area is 179 Å². The summed E-state index contributed by atoms with van der Waals surface area (Å²) in [7, 11) is 0. The molecular formula is C25H23FN4O. The molecule has 4 aromatic rings. The zero-order chi connectivity index (χ0) is 21.2. The smallest absolute Gasteiger partial charge is 0.229 e. The van der Waals surface area contributed by atoms with Gasteiger partial charge in [-0.2, -0.15) is 5.10 Å². The zero-order valence-corrected chi connectivity index (χ0v) is 17.0. The summed E-state index contributed by atoms with van der Waals surface area (Å²) in [6, 6.07) is 22.5. The van der Waals surface area contributed by atoms with Gasteiger partial charge in [0.2, 0.25) is 5.91 Å². The molecule has 31 heavy (non-hydrogen) atoms. The summed E-state index contributed by atoms with van der Waals surface area (Å²) in [6.45, 7) is 2.09. The molecule has 5 nitrogen and oxygen atoms in total. The SMILES string of the molecule is O=C(Nc1ccc2[nH]ncc2c1)C1CN(Cc2ccccc2)CC1c1cccc(F)c1. The van der Waals surface area contributed by atoms with Crippen molar-refractivity contribution in [2.75, 3.05) is 18.4 Å². The number of benzene rings is 3. The number of halogens is 1. The van der Waals surface area contributed by atoms with Crippen molar-refractivity contribution >= 4 is 22.5 Å². The molecule has 1 aromatic heterocycles. The number of hydrogen-bond donors (Lipinski definition) is 2. The summed E-state index contributed by atoms with van der Waals surface area (Å²) in [5.41, 5.74) is 3.72. The van der Waals surface area contributed by atoms with Gasteiger partial charge in [-0.05, 0) is 41.5 Å². The monoisotopic (exact) mass is 414 g/mol. The second-order valence-electron chi connectivity index (χ2n) is 8.11. The molecule has 0 radical (unpaired) electrons. The standard InChI is InChI=1S/C25H23FN4O/c26-20-8-4-7-18(11-20)22-15-30(14-17-5-2-1-3-6-17)16-23(22)25(31)28-21-9-10-24-19(12-21)13-27-29-24/h1-13,22-23H,14-16H2,(H,27,29)(H,28,31). The van der Waals surface area contributed by atoms with Crippen LogP contribution < -0.4 is 5.32 Å². The molecule has 0 spiro atoms. The Morgan fingerprint density at radius 2 is 1.94 bits per heavy atom. The molecule has 1 aliphatic heterocycles. The molecule has 0 bridgehead atoms. The van der Waals surface area contributed by atoms with Crippen LogP contribution >= 0.6 is 0 Å². The minimum atomic E-state index is -0.274. The number of anilines is 1. The van der Waals surface area contributed by atoms with Gasteiger partial charge in [0.25, 0.3) is 0 Å². The van der Waals surface area contributed by atoms with Crippen LogP contribution in [0.1, 0.15) is 17.0 Å². The number of fused-ring (bicyclic) bond motifs is 1. The molecule has 2 unspecified atom stereocenters. The molecule has 0 aliphatic carbocycles. The van der Waals surface area contributed by atoms with Crippen LogP contribution in [-0.2, 0) is 11.3 Å². The predicted octanol–water partition coefficient (Wildman–Crippen LogP) is 4.56. The van der Waals surface area contributed by atoms with E-state index in [9.17, 15) is 9.18 Å². The van der Waals surface area contributed by atoms with E-state index in [0.29, 0.717) is 13.1 Å². The number of aromatic amines is 1. The Morgan fingerprint density at radius 1 is 1.06 bits per heavy atom. The fourth-order valence-electron chi connectivity index (χ4n) is 4.45. The lowest BCUT2D eigenvalue weighted by molar-refractivity contribution is -0.119. The highest BCUT2D eigenvalue weighted by atomic mass is 19.1. The maximum Gasteiger partial charge on any atom is 0.229 e. The second kappa shape index (κ2) is 8.32. The molecular weight excluding hydrogens is 391 g/mol. The number of hydrogen-bond acceptors (Lipinski definition) is 3. The van der Waals surface area contributed by atoms with Gasteiger partial charge in [0.05, 0.1) is 17.6 Å². The second-order valence-corrected chi connectivity index (χ2v) is 8.11. The van der Waals surface area contributed by atoms with Gasteiger partial charge >= 0.3 is 0 Å². The van der Waals surface area contributed by atoms with Crippen molar-refractivity contribution in [2.45, 2.75) is 12.5 Å². The molecule has 2 N–H and O–H groups in total. The van der Waals surface area contributed by atoms with Crippen molar-refractivity contribution in [1.82, 2.24) is 15.1 Å². The zero-order valence-electron chi connectivity index (χ0n) is 17.0. The Bertz CT molecular complexity index is 1210. The number of nitrogens with one attached hydrogen (secondary N) is 2. The number of amides is 1. The van der Waals surface area contributed by atoms with Crippen molar-refractivity contribution in [2.24, 2.45) is 5.92 Å². The van der Waals surface area contributed by atoms with Crippen molar-refractivity contribution in [3.63, 3.8) is 0 Å². The molecule has 1 amide bonds. The summed E-state index contributed by atoms with van der Waals surface area (Å²) < 4.78 is 13.9. The van der Waals surface area contributed by atoms with Crippen LogP contribution in [0.25, 0.3) is 10.9 Å². The highest BCUT2D eigenvalue weighted by Gasteiger charge is 2.38. The number of carbonyl (C=O) groups excluding carboxylic acids is 1. The summed E-state index contributed by atoms with van der Waals surface area (Å²) in [6.07, 6.45) is 1.73. The van der Waals surface area contributed by atoms with Crippen molar-refractivity contribution in [3.05, 3.63) is 95.9 Å². The topological polar surface area (TPSA) is 61.0 Å². The fourth-order valence-corrected chi connectivity index (χ4v) is 4.45. The lowest BCUT2D eigenvalue weighted by Gasteiger charge is -2.18. The Balaban J connectivity index is 1.39. The Kier molecular flexibility index (Phi) is 5.22. The van der Waals surface area contributed by atoms with Crippen LogP contribution in [0.4, 0.5) is 10.1 Å². The third-order valence-electron chi connectivity index (χ3n) is 5.97. The first-order valence-electron chi connectivity index (χ1n) is 10.4. The van der Waals surface area contributed by atoms with Gasteiger partial charge in [-0.25, -0.2) is 4.39 Å². The summed E-state index contributed by atoms with van der Waals surface area (Å²) in [5, 5.41) is 10.9. The van der Waals surface area contributed by atoms with Gasteiger partial charge in [0, 0.05) is 36.6 Å². The predicted molar refractivity (Wildman–Crippen MR) is 119 cm³/mol. The van der Waals surface area contributed by atoms with E-state index in [1.807, 2.05) is 42.5 Å². The van der Waals surface area contributed by atoms with Crippen LogP contribution in [0.2, 0.25) is 0 Å². The summed E-state index contributed by atoms with van der Waals surface area (Å²) in [4.78, 5) is 15.6. The number of nitrogens with zero attached hydrogens (tertiary/aromatic N) is 2. The lowest BCUT2D eigenvalue weighted by Crippen LogP contribution is -2.28. The number of rotatable bonds is 5. The molecule has 5 rings (SSSR count). The van der Waals surface area contributed by atoms with Gasteiger partial charge in [-0.15, -0.1) is 0 Å². The first-order valence-corrected chi connectivity index (χ1v) is 10.4. The largest absolute Gasteiger partial charge is 0.326 e. The lowest BCUT2D eigenvalue weighted by atomic mass is 9.88. The van der Waals surface area contributed by atoms with Crippen LogP contribution in [0.5, 0.6) is 0 Å². The van der Waals surface area contributed by atoms with Gasteiger partial charge in [0.15, 0.2) is 0 Å². The summed E-state index contributed by atoms with van der Waals surface area (Å²) >= 11 is 0. The molecule has 0 saturated carbocycles. The first kappa shape index (κ1) is 19.5. The van der Waals surface area contributed by atoms with Crippen LogP contribution in [0, 0.1) is 11.7 Å². The summed E-state index contributed by atoms with van der Waals surface area (Å²) in [5.74, 6) is -0.668. The number of likely N-dealkylation sites (tertiary alicyclic amines) is 1. The van der Waals surface area contributed by atoms with Gasteiger partial charge in [-0.1, -0.05) is 42.5 Å². The van der Waals surface area contributed by atoms with Crippen LogP contribution in [0.15, 0.2) is 79.0 Å². The van der Waals surface area contributed by atoms with Crippen molar-refractivity contribution in [3.8, 4) is 0 Å². The minimum absolute atomic E-state index is 0.0485. The number of H-pyrrole nitrogens is 1. The molecule has 6 heteroatoms. The molecule has 156 valence electrons. The normalized spacial score (nSPS) is 19.0. The molecule has 2 atom stereocenters. The minimum Gasteiger partial charge on any atom is -0.326 e. The van der Waals surface area contributed by atoms with Gasteiger partial charge in [-0.3, -0.25) is 14.8 Å². The average Bonchev–Trinajstić information content (AvgIpc) is 3.41. The fraction of sp³-hybridized carbons (Fsp3) is 0.200. The van der Waals surface area contributed by atoms with E-state index in [1.165, 1.54) is 11.6 Å². The molecule has 2 heterocycles. The van der Waals surface area contributed by atoms with E-state index in [2.05, 4.69) is 32.5 Å². The van der Waals surface area contributed by atoms with Crippen LogP contribution in [0.3, 0.4) is 0 Å². The van der Waals surface area contributed by atoms with E-state index in [0.717, 1.165) is 28.7 Å². The third kappa shape index (κ3) is 4.20. The molecule has 3 aromatic carbocycles. The van der Waals surface area contributed by atoms with Gasteiger partial charge < -0.3 is 5.32 Å². The van der Waals surface area contributed by atoms with Crippen molar-refractivity contribution in [1.29, 1.82) is 0 Å². The highest BCUT2D eigenvalue weighted by molar-refractivity contribution is 5.95.